The molecule has 0 saturated carbocycles. The van der Waals surface area contributed by atoms with Gasteiger partial charge in [0.2, 0.25) is 0 Å². The number of nitrogens with zero attached hydrogens (tertiary/aromatic N) is 1. The molecule has 0 fully saturated rings. The zero-order valence-electron chi connectivity index (χ0n) is 10.8. The molecule has 0 radical (unpaired) electrons. The fourth-order valence-corrected chi connectivity index (χ4v) is 2.62. The van der Waals surface area contributed by atoms with Crippen LogP contribution in [0, 0.1) is 12.7 Å². The van der Waals surface area contributed by atoms with Crippen molar-refractivity contribution < 1.29 is 13.9 Å². The normalized spacial score (nSPS) is 10.5. The van der Waals surface area contributed by atoms with Gasteiger partial charge in [-0.05, 0) is 31.5 Å². The third-order valence-electron chi connectivity index (χ3n) is 2.53. The summed E-state index contributed by atoms with van der Waals surface area (Å²) in [5, 5.41) is 0.800. The summed E-state index contributed by atoms with van der Waals surface area (Å²) in [7, 11) is 0. The predicted molar refractivity (Wildman–Crippen MR) is 72.0 cm³/mol. The van der Waals surface area contributed by atoms with Gasteiger partial charge >= 0.3 is 5.97 Å². The second kappa shape index (κ2) is 5.93. The number of hydrogen-bond donors (Lipinski definition) is 0. The highest BCUT2D eigenvalue weighted by Gasteiger charge is 2.18. The van der Waals surface area contributed by atoms with Crippen LogP contribution in [-0.2, 0) is 11.2 Å². The van der Waals surface area contributed by atoms with Crippen LogP contribution < -0.4 is 0 Å². The van der Waals surface area contributed by atoms with Gasteiger partial charge in [0.15, 0.2) is 0 Å². The Kier molecular flexibility index (Phi) is 4.27. The summed E-state index contributed by atoms with van der Waals surface area (Å²) in [6, 6.07) is 6.30. The molecular weight excluding hydrogens is 265 g/mol. The molecule has 1 heterocycles. The second-order valence-electron chi connectivity index (χ2n) is 4.04. The highest BCUT2D eigenvalue weighted by atomic mass is 32.1. The average molecular weight is 279 g/mol. The molecule has 0 N–H and O–H groups in total. The standard InChI is InChI=1S/C14H14FNO2S/c1-3-18-14(17)13-12(16-9(2)19-13)8-10-5-4-6-11(15)7-10/h4-7H,3,8H2,1-2H3. The van der Waals surface area contributed by atoms with Crippen molar-refractivity contribution in [3.05, 3.63) is 51.2 Å². The summed E-state index contributed by atoms with van der Waals surface area (Å²) in [5.74, 6) is -0.651. The van der Waals surface area contributed by atoms with Gasteiger partial charge in [-0.2, -0.15) is 0 Å². The lowest BCUT2D eigenvalue weighted by Crippen LogP contribution is -2.06. The van der Waals surface area contributed by atoms with Crippen molar-refractivity contribution in [3.63, 3.8) is 0 Å². The summed E-state index contributed by atoms with van der Waals surface area (Å²) in [6.07, 6.45) is 0.427. The number of aromatic nitrogens is 1. The first-order valence-electron chi connectivity index (χ1n) is 5.98. The Bertz CT molecular complexity index is 595. The molecule has 3 nitrogen and oxygen atoms in total. The van der Waals surface area contributed by atoms with Crippen LogP contribution in [0.25, 0.3) is 0 Å². The number of halogens is 1. The maximum absolute atomic E-state index is 13.1. The molecule has 0 bridgehead atoms. The van der Waals surface area contributed by atoms with E-state index in [0.29, 0.717) is 23.6 Å². The van der Waals surface area contributed by atoms with Gasteiger partial charge in [-0.3, -0.25) is 0 Å². The molecule has 0 amide bonds. The quantitative estimate of drug-likeness (QED) is 0.806. The Balaban J connectivity index is 2.27. The summed E-state index contributed by atoms with van der Waals surface area (Å²) in [5.41, 5.74) is 1.43. The van der Waals surface area contributed by atoms with Crippen LogP contribution >= 0.6 is 11.3 Å². The molecule has 0 aliphatic carbocycles. The van der Waals surface area contributed by atoms with Crippen molar-refractivity contribution in [2.75, 3.05) is 6.61 Å². The highest BCUT2D eigenvalue weighted by molar-refractivity contribution is 7.13. The molecule has 0 atom stereocenters. The molecule has 1 aromatic carbocycles. The van der Waals surface area contributed by atoms with E-state index in [1.54, 1.807) is 13.0 Å². The Labute approximate surface area is 115 Å². The Morgan fingerprint density at radius 1 is 1.47 bits per heavy atom. The first kappa shape index (κ1) is 13.7. The Morgan fingerprint density at radius 2 is 2.26 bits per heavy atom. The predicted octanol–water partition coefficient (Wildman–Crippen LogP) is 3.36. The number of rotatable bonds is 4. The first-order valence-corrected chi connectivity index (χ1v) is 6.79. The van der Waals surface area contributed by atoms with Crippen molar-refractivity contribution in [1.82, 2.24) is 4.98 Å². The van der Waals surface area contributed by atoms with Crippen LogP contribution in [0.5, 0.6) is 0 Å². The zero-order valence-corrected chi connectivity index (χ0v) is 11.6. The van der Waals surface area contributed by atoms with E-state index in [9.17, 15) is 9.18 Å². The number of hydrogen-bond acceptors (Lipinski definition) is 4. The van der Waals surface area contributed by atoms with Gasteiger partial charge in [0.1, 0.15) is 10.7 Å². The maximum atomic E-state index is 13.1. The number of carbonyl (C=O) groups excluding carboxylic acids is 1. The van der Waals surface area contributed by atoms with Gasteiger partial charge in [0.05, 0.1) is 17.3 Å². The molecule has 19 heavy (non-hydrogen) atoms. The van der Waals surface area contributed by atoms with E-state index in [1.165, 1.54) is 23.5 Å². The molecule has 2 aromatic rings. The zero-order chi connectivity index (χ0) is 13.8. The van der Waals surface area contributed by atoms with Crippen molar-refractivity contribution in [3.8, 4) is 0 Å². The van der Waals surface area contributed by atoms with E-state index in [0.717, 1.165) is 10.6 Å². The molecule has 0 unspecified atom stereocenters. The highest BCUT2D eigenvalue weighted by Crippen LogP contribution is 2.22. The number of carbonyl (C=O) groups is 1. The monoisotopic (exact) mass is 279 g/mol. The molecule has 2 rings (SSSR count). The molecular formula is C14H14FNO2S. The van der Waals surface area contributed by atoms with Crippen LogP contribution in [0.2, 0.25) is 0 Å². The molecule has 0 aliphatic rings. The van der Waals surface area contributed by atoms with Gasteiger partial charge in [-0.15, -0.1) is 11.3 Å². The molecule has 0 aliphatic heterocycles. The van der Waals surface area contributed by atoms with Gasteiger partial charge in [-0.25, -0.2) is 14.2 Å². The average Bonchev–Trinajstić information content (AvgIpc) is 2.70. The van der Waals surface area contributed by atoms with E-state index in [2.05, 4.69) is 4.98 Å². The Morgan fingerprint density at radius 3 is 2.95 bits per heavy atom. The van der Waals surface area contributed by atoms with E-state index < -0.39 is 0 Å². The minimum Gasteiger partial charge on any atom is -0.462 e. The number of ether oxygens (including phenoxy) is 1. The van der Waals surface area contributed by atoms with E-state index in [4.69, 9.17) is 4.74 Å². The van der Waals surface area contributed by atoms with Gasteiger partial charge < -0.3 is 4.74 Å². The van der Waals surface area contributed by atoms with E-state index in [-0.39, 0.29) is 11.8 Å². The van der Waals surface area contributed by atoms with Crippen LogP contribution in [0.15, 0.2) is 24.3 Å². The van der Waals surface area contributed by atoms with E-state index >= 15 is 0 Å². The molecule has 0 saturated heterocycles. The SMILES string of the molecule is CCOC(=O)c1sc(C)nc1Cc1cccc(F)c1. The molecule has 0 spiro atoms. The largest absolute Gasteiger partial charge is 0.462 e. The lowest BCUT2D eigenvalue weighted by Gasteiger charge is -2.03. The third-order valence-corrected chi connectivity index (χ3v) is 3.52. The molecule has 100 valence electrons. The molecule has 5 heteroatoms. The van der Waals surface area contributed by atoms with Crippen molar-refractivity contribution in [2.45, 2.75) is 20.3 Å². The number of esters is 1. The van der Waals surface area contributed by atoms with Crippen LogP contribution in [0.4, 0.5) is 4.39 Å². The smallest absolute Gasteiger partial charge is 0.350 e. The van der Waals surface area contributed by atoms with E-state index in [1.807, 2.05) is 13.0 Å². The fraction of sp³-hybridized carbons (Fsp3) is 0.286. The summed E-state index contributed by atoms with van der Waals surface area (Å²) < 4.78 is 18.1. The topological polar surface area (TPSA) is 39.2 Å². The number of benzene rings is 1. The van der Waals surface area contributed by atoms with Crippen LogP contribution in [0.3, 0.4) is 0 Å². The van der Waals surface area contributed by atoms with Crippen molar-refractivity contribution in [1.29, 1.82) is 0 Å². The summed E-state index contributed by atoms with van der Waals surface area (Å²) >= 11 is 1.31. The molecule has 1 aromatic heterocycles. The summed E-state index contributed by atoms with van der Waals surface area (Å²) in [6.45, 7) is 3.93. The minimum absolute atomic E-state index is 0.290. The summed E-state index contributed by atoms with van der Waals surface area (Å²) in [4.78, 5) is 16.6. The van der Waals surface area contributed by atoms with Crippen LogP contribution in [0.1, 0.15) is 32.9 Å². The Hall–Kier alpha value is -1.75. The van der Waals surface area contributed by atoms with Gasteiger partial charge in [-0.1, -0.05) is 12.1 Å². The van der Waals surface area contributed by atoms with Gasteiger partial charge in [0, 0.05) is 6.42 Å². The lowest BCUT2D eigenvalue weighted by atomic mass is 10.1. The second-order valence-corrected chi connectivity index (χ2v) is 5.24. The van der Waals surface area contributed by atoms with Crippen molar-refractivity contribution in [2.24, 2.45) is 0 Å². The minimum atomic E-state index is -0.362. The number of aryl methyl sites for hydroxylation is 1. The lowest BCUT2D eigenvalue weighted by molar-refractivity contribution is 0.0530. The number of thiazole rings is 1. The fourth-order valence-electron chi connectivity index (χ4n) is 1.79. The van der Waals surface area contributed by atoms with Gasteiger partial charge in [0.25, 0.3) is 0 Å². The van der Waals surface area contributed by atoms with Crippen LogP contribution in [-0.4, -0.2) is 17.6 Å². The third kappa shape index (κ3) is 3.38. The first-order chi connectivity index (χ1) is 9.10. The maximum Gasteiger partial charge on any atom is 0.350 e. The van der Waals surface area contributed by atoms with Crippen molar-refractivity contribution >= 4 is 17.3 Å².